The topological polar surface area (TPSA) is 42.2 Å². The van der Waals surface area contributed by atoms with Crippen molar-refractivity contribution in [1.29, 1.82) is 5.26 Å². The van der Waals surface area contributed by atoms with Gasteiger partial charge >= 0.3 is 7.12 Å². The fraction of sp³-hybridized carbons (Fsp3) is 0.941. The minimum absolute atomic E-state index is 0.0576. The van der Waals surface area contributed by atoms with Gasteiger partial charge in [-0.05, 0) is 38.4 Å². The van der Waals surface area contributed by atoms with Crippen molar-refractivity contribution in [1.82, 2.24) is 0 Å². The van der Waals surface area contributed by atoms with E-state index in [0.717, 1.165) is 38.4 Å². The zero-order valence-electron chi connectivity index (χ0n) is 13.6. The van der Waals surface area contributed by atoms with Crippen molar-refractivity contribution in [3.05, 3.63) is 0 Å². The van der Waals surface area contributed by atoms with Crippen molar-refractivity contribution in [2.45, 2.75) is 96.1 Å². The highest BCUT2D eigenvalue weighted by Gasteiger charge is 2.30. The summed E-state index contributed by atoms with van der Waals surface area (Å²) in [5.41, 5.74) is 0. The monoisotopic (exact) mass is 291 g/mol. The van der Waals surface area contributed by atoms with Crippen LogP contribution in [0.5, 0.6) is 0 Å². The van der Waals surface area contributed by atoms with Crippen LogP contribution in [0.1, 0.15) is 77.6 Å². The van der Waals surface area contributed by atoms with E-state index in [1.165, 1.54) is 38.5 Å². The van der Waals surface area contributed by atoms with E-state index < -0.39 is 0 Å². The molecule has 0 spiro atoms. The van der Waals surface area contributed by atoms with Gasteiger partial charge in [-0.3, -0.25) is 0 Å². The van der Waals surface area contributed by atoms with E-state index in [-0.39, 0.29) is 13.0 Å². The summed E-state index contributed by atoms with van der Waals surface area (Å²) < 4.78 is 12.5. The molecule has 0 bridgehead atoms. The van der Waals surface area contributed by atoms with E-state index in [4.69, 9.17) is 9.31 Å². The molecule has 2 rings (SSSR count). The summed E-state index contributed by atoms with van der Waals surface area (Å²) in [7, 11) is -0.166. The van der Waals surface area contributed by atoms with Gasteiger partial charge in [0.15, 0.2) is 0 Å². The third-order valence-electron chi connectivity index (χ3n) is 4.95. The van der Waals surface area contributed by atoms with Crippen molar-refractivity contribution >= 4 is 7.12 Å². The molecule has 3 nitrogen and oxygen atoms in total. The average Bonchev–Trinajstić information content (AvgIpc) is 2.54. The number of rotatable bonds is 7. The summed E-state index contributed by atoms with van der Waals surface area (Å²) in [4.78, 5) is 0. The molecule has 2 aliphatic rings. The van der Waals surface area contributed by atoms with E-state index in [1.54, 1.807) is 0 Å². The highest BCUT2D eigenvalue weighted by Crippen LogP contribution is 2.26. The number of hydrogen-bond acceptors (Lipinski definition) is 3. The molecule has 0 radical (unpaired) electrons. The van der Waals surface area contributed by atoms with Gasteiger partial charge in [0.2, 0.25) is 0 Å². The molecule has 0 aromatic heterocycles. The molecule has 0 aliphatic heterocycles. The van der Waals surface area contributed by atoms with Crippen molar-refractivity contribution in [2.75, 3.05) is 0 Å². The predicted octanol–water partition coefficient (Wildman–Crippen LogP) is 4.72. The molecule has 4 heteroatoms. The van der Waals surface area contributed by atoms with Crippen molar-refractivity contribution in [3.63, 3.8) is 0 Å². The second-order valence-electron chi connectivity index (χ2n) is 6.69. The molecule has 118 valence electrons. The van der Waals surface area contributed by atoms with E-state index in [2.05, 4.69) is 13.0 Å². The molecule has 0 aromatic rings. The molecular weight excluding hydrogens is 261 g/mol. The largest absolute Gasteiger partial charge is 0.458 e. The quantitative estimate of drug-likeness (QED) is 0.637. The first-order chi connectivity index (χ1) is 10.3. The van der Waals surface area contributed by atoms with Crippen LogP contribution in [0.2, 0.25) is 6.32 Å². The van der Waals surface area contributed by atoms with Gasteiger partial charge in [0.05, 0.1) is 6.07 Å². The SMILES string of the molecule is CCC(C#N)CB(OC1CCCCC1)OC1CCCCC1. The Bertz CT molecular complexity index is 299. The Morgan fingerprint density at radius 2 is 1.43 bits per heavy atom. The molecule has 2 aliphatic carbocycles. The van der Waals surface area contributed by atoms with Crippen LogP contribution in [0.4, 0.5) is 0 Å². The normalized spacial score (nSPS) is 22.7. The van der Waals surface area contributed by atoms with E-state index in [1.807, 2.05) is 0 Å². The second-order valence-corrected chi connectivity index (χ2v) is 6.69. The first-order valence-corrected chi connectivity index (χ1v) is 9.02. The van der Waals surface area contributed by atoms with Crippen LogP contribution in [-0.2, 0) is 9.31 Å². The van der Waals surface area contributed by atoms with Crippen molar-refractivity contribution in [2.24, 2.45) is 5.92 Å². The lowest BCUT2D eigenvalue weighted by atomic mass is 9.75. The molecule has 1 atom stereocenters. The smallest absolute Gasteiger partial charge is 0.408 e. The van der Waals surface area contributed by atoms with Crippen LogP contribution in [0.3, 0.4) is 0 Å². The van der Waals surface area contributed by atoms with Gasteiger partial charge in [0, 0.05) is 18.1 Å². The van der Waals surface area contributed by atoms with Crippen LogP contribution in [0, 0.1) is 17.2 Å². The molecule has 2 fully saturated rings. The van der Waals surface area contributed by atoms with Crippen LogP contribution in [0.25, 0.3) is 0 Å². The standard InChI is InChI=1S/C17H30BNO2/c1-2-15(14-19)13-18(20-16-9-5-3-6-10-16)21-17-11-7-4-8-12-17/h15-17H,2-13H2,1H3. The van der Waals surface area contributed by atoms with Crippen LogP contribution in [0.15, 0.2) is 0 Å². The molecule has 0 saturated heterocycles. The average molecular weight is 291 g/mol. The maximum Gasteiger partial charge on any atom is 0.458 e. The predicted molar refractivity (Wildman–Crippen MR) is 85.9 cm³/mol. The Labute approximate surface area is 130 Å². The van der Waals surface area contributed by atoms with Crippen LogP contribution in [-0.4, -0.2) is 19.3 Å². The Morgan fingerprint density at radius 3 is 1.81 bits per heavy atom. The molecule has 0 amide bonds. The van der Waals surface area contributed by atoms with Crippen LogP contribution < -0.4 is 0 Å². The van der Waals surface area contributed by atoms with Crippen molar-refractivity contribution < 1.29 is 9.31 Å². The first kappa shape index (κ1) is 16.8. The minimum atomic E-state index is -0.166. The maximum atomic E-state index is 9.23. The molecule has 0 heterocycles. The Balaban J connectivity index is 1.86. The second kappa shape index (κ2) is 9.48. The van der Waals surface area contributed by atoms with Gasteiger partial charge in [-0.1, -0.05) is 45.4 Å². The summed E-state index contributed by atoms with van der Waals surface area (Å²) >= 11 is 0. The molecule has 0 N–H and O–H groups in total. The van der Waals surface area contributed by atoms with Gasteiger partial charge in [0.1, 0.15) is 0 Å². The molecule has 1 unspecified atom stereocenters. The number of hydrogen-bond donors (Lipinski definition) is 0. The lowest BCUT2D eigenvalue weighted by molar-refractivity contribution is 0.0645. The Kier molecular flexibility index (Phi) is 7.60. The molecule has 21 heavy (non-hydrogen) atoms. The van der Waals surface area contributed by atoms with Crippen LogP contribution >= 0.6 is 0 Å². The third kappa shape index (κ3) is 6.00. The summed E-state index contributed by atoms with van der Waals surface area (Å²) in [6.45, 7) is 2.08. The highest BCUT2D eigenvalue weighted by molar-refractivity contribution is 6.44. The van der Waals surface area contributed by atoms with Gasteiger partial charge < -0.3 is 9.31 Å². The lowest BCUT2D eigenvalue weighted by Crippen LogP contribution is -2.36. The van der Waals surface area contributed by atoms with E-state index in [9.17, 15) is 5.26 Å². The van der Waals surface area contributed by atoms with Gasteiger partial charge in [-0.2, -0.15) is 5.26 Å². The maximum absolute atomic E-state index is 9.23. The summed E-state index contributed by atoms with van der Waals surface area (Å²) in [5, 5.41) is 9.23. The molecule has 2 saturated carbocycles. The number of nitrogens with zero attached hydrogens (tertiary/aromatic N) is 1. The third-order valence-corrected chi connectivity index (χ3v) is 4.95. The zero-order chi connectivity index (χ0) is 14.9. The first-order valence-electron chi connectivity index (χ1n) is 9.02. The lowest BCUT2D eigenvalue weighted by Gasteiger charge is -2.30. The summed E-state index contributed by atoms with van der Waals surface area (Å²) in [6.07, 6.45) is 14.7. The van der Waals surface area contributed by atoms with Gasteiger partial charge in [-0.25, -0.2) is 0 Å². The zero-order valence-corrected chi connectivity index (χ0v) is 13.6. The highest BCUT2D eigenvalue weighted by atomic mass is 16.6. The fourth-order valence-corrected chi connectivity index (χ4v) is 3.52. The Hall–Kier alpha value is -0.525. The summed E-state index contributed by atoms with van der Waals surface area (Å²) in [6, 6.07) is 2.40. The van der Waals surface area contributed by atoms with Gasteiger partial charge in [0.25, 0.3) is 0 Å². The van der Waals surface area contributed by atoms with Gasteiger partial charge in [-0.15, -0.1) is 0 Å². The fourth-order valence-electron chi connectivity index (χ4n) is 3.52. The van der Waals surface area contributed by atoms with Crippen molar-refractivity contribution in [3.8, 4) is 6.07 Å². The molecular formula is C17H30BNO2. The van der Waals surface area contributed by atoms with E-state index >= 15 is 0 Å². The number of nitriles is 1. The summed E-state index contributed by atoms with van der Waals surface area (Å²) in [5.74, 6) is 0.0576. The molecule has 0 aromatic carbocycles. The van der Waals surface area contributed by atoms with E-state index in [0.29, 0.717) is 12.2 Å². The Morgan fingerprint density at radius 1 is 0.952 bits per heavy atom. The minimum Gasteiger partial charge on any atom is -0.408 e.